The second kappa shape index (κ2) is 3.90. The molecule has 5 heteroatoms. The molecule has 2 rings (SSSR count). The van der Waals surface area contributed by atoms with E-state index in [2.05, 4.69) is 0 Å². The third kappa shape index (κ3) is 1.94. The maximum atomic E-state index is 13.1. The van der Waals surface area contributed by atoms with E-state index in [1.807, 2.05) is 0 Å². The topological polar surface area (TPSA) is 57.5 Å². The lowest BCUT2D eigenvalue weighted by Gasteiger charge is -2.46. The summed E-state index contributed by atoms with van der Waals surface area (Å²) in [6, 6.07) is 0. The maximum absolute atomic E-state index is 13.1. The molecule has 2 aliphatic carbocycles. The SMILES string of the molecule is O=C(O)C1(C2(O)CCC(F)(F)CC2)CCCC1. The quantitative estimate of drug-likeness (QED) is 0.789. The Morgan fingerprint density at radius 1 is 0.941 bits per heavy atom. The van der Waals surface area contributed by atoms with Gasteiger partial charge in [0.1, 0.15) is 0 Å². The van der Waals surface area contributed by atoms with Crippen molar-refractivity contribution in [1.82, 2.24) is 0 Å². The molecule has 2 N–H and O–H groups in total. The number of carbonyl (C=O) groups is 1. The average molecular weight is 248 g/mol. The molecule has 2 saturated carbocycles. The zero-order valence-corrected chi connectivity index (χ0v) is 9.72. The molecule has 0 saturated heterocycles. The summed E-state index contributed by atoms with van der Waals surface area (Å²) in [5, 5.41) is 19.9. The van der Waals surface area contributed by atoms with Crippen LogP contribution < -0.4 is 0 Å². The van der Waals surface area contributed by atoms with E-state index in [1.165, 1.54) is 0 Å². The number of aliphatic carboxylic acids is 1. The van der Waals surface area contributed by atoms with Crippen molar-refractivity contribution in [2.45, 2.75) is 62.9 Å². The van der Waals surface area contributed by atoms with Crippen molar-refractivity contribution < 1.29 is 23.8 Å². The summed E-state index contributed by atoms with van der Waals surface area (Å²) < 4.78 is 26.2. The van der Waals surface area contributed by atoms with E-state index in [0.29, 0.717) is 12.8 Å². The maximum Gasteiger partial charge on any atom is 0.312 e. The van der Waals surface area contributed by atoms with Gasteiger partial charge in [-0.15, -0.1) is 0 Å². The highest BCUT2D eigenvalue weighted by molar-refractivity contribution is 5.76. The molecule has 0 atom stereocenters. The highest BCUT2D eigenvalue weighted by atomic mass is 19.3. The third-order valence-electron chi connectivity index (χ3n) is 4.57. The van der Waals surface area contributed by atoms with Crippen molar-refractivity contribution in [2.75, 3.05) is 0 Å². The summed E-state index contributed by atoms with van der Waals surface area (Å²) in [5.41, 5.74) is -2.64. The molecule has 0 amide bonds. The minimum atomic E-state index is -2.75. The van der Waals surface area contributed by atoms with Gasteiger partial charge >= 0.3 is 5.97 Å². The predicted octanol–water partition coefficient (Wildman–Crippen LogP) is 2.57. The zero-order chi connectivity index (χ0) is 12.7. The molecule has 3 nitrogen and oxygen atoms in total. The fourth-order valence-corrected chi connectivity index (χ4v) is 3.36. The molecule has 0 radical (unpaired) electrons. The summed E-state index contributed by atoms with van der Waals surface area (Å²) >= 11 is 0. The second-order valence-corrected chi connectivity index (χ2v) is 5.48. The van der Waals surface area contributed by atoms with Crippen molar-refractivity contribution in [1.29, 1.82) is 0 Å². The smallest absolute Gasteiger partial charge is 0.312 e. The van der Waals surface area contributed by atoms with Crippen LogP contribution in [-0.2, 0) is 4.79 Å². The molecule has 2 aliphatic rings. The average Bonchev–Trinajstić information content (AvgIpc) is 2.73. The summed E-state index contributed by atoms with van der Waals surface area (Å²) in [6.45, 7) is 0. The number of hydrogen-bond acceptors (Lipinski definition) is 2. The van der Waals surface area contributed by atoms with Crippen LogP contribution in [0.2, 0.25) is 0 Å². The van der Waals surface area contributed by atoms with Gasteiger partial charge in [-0.1, -0.05) is 12.8 Å². The Morgan fingerprint density at radius 2 is 1.41 bits per heavy atom. The van der Waals surface area contributed by atoms with Crippen LogP contribution in [0.15, 0.2) is 0 Å². The van der Waals surface area contributed by atoms with Crippen LogP contribution in [0, 0.1) is 5.41 Å². The first-order valence-electron chi connectivity index (χ1n) is 6.15. The Hall–Kier alpha value is -0.710. The molecule has 0 aromatic carbocycles. The first-order chi connectivity index (χ1) is 7.81. The lowest BCUT2D eigenvalue weighted by atomic mass is 9.63. The Labute approximate surface area is 98.8 Å². The van der Waals surface area contributed by atoms with Gasteiger partial charge < -0.3 is 10.2 Å². The summed E-state index contributed by atoms with van der Waals surface area (Å²) in [6.07, 6.45) is 1.31. The molecule has 17 heavy (non-hydrogen) atoms. The molecule has 0 spiro atoms. The molecule has 0 aromatic heterocycles. The van der Waals surface area contributed by atoms with E-state index >= 15 is 0 Å². The molecule has 0 aliphatic heterocycles. The van der Waals surface area contributed by atoms with Gasteiger partial charge in [0.05, 0.1) is 11.0 Å². The summed E-state index contributed by atoms with van der Waals surface area (Å²) in [4.78, 5) is 11.4. The number of aliphatic hydroxyl groups is 1. The van der Waals surface area contributed by atoms with Crippen molar-refractivity contribution in [3.8, 4) is 0 Å². The van der Waals surface area contributed by atoms with Crippen molar-refractivity contribution in [2.24, 2.45) is 5.41 Å². The number of hydrogen-bond donors (Lipinski definition) is 2. The minimum absolute atomic E-state index is 0.105. The van der Waals surface area contributed by atoms with Gasteiger partial charge in [-0.25, -0.2) is 8.78 Å². The van der Waals surface area contributed by atoms with Gasteiger partial charge in [0, 0.05) is 12.8 Å². The van der Waals surface area contributed by atoms with Crippen LogP contribution in [-0.4, -0.2) is 27.7 Å². The molecule has 0 unspecified atom stereocenters. The normalized spacial score (nSPS) is 30.1. The minimum Gasteiger partial charge on any atom is -0.481 e. The zero-order valence-electron chi connectivity index (χ0n) is 9.72. The largest absolute Gasteiger partial charge is 0.481 e. The van der Waals surface area contributed by atoms with Crippen molar-refractivity contribution in [3.63, 3.8) is 0 Å². The van der Waals surface area contributed by atoms with Gasteiger partial charge in [-0.2, -0.15) is 0 Å². The van der Waals surface area contributed by atoms with E-state index in [-0.39, 0.29) is 12.8 Å². The van der Waals surface area contributed by atoms with E-state index in [0.717, 1.165) is 12.8 Å². The van der Waals surface area contributed by atoms with Gasteiger partial charge in [-0.05, 0) is 25.7 Å². The van der Waals surface area contributed by atoms with E-state index in [4.69, 9.17) is 0 Å². The molecule has 0 heterocycles. The number of carboxylic acids is 1. The van der Waals surface area contributed by atoms with Gasteiger partial charge in [0.25, 0.3) is 0 Å². The van der Waals surface area contributed by atoms with Crippen LogP contribution in [0.4, 0.5) is 8.78 Å². The lowest BCUT2D eigenvalue weighted by molar-refractivity contribution is -0.187. The number of alkyl halides is 2. The van der Waals surface area contributed by atoms with Crippen molar-refractivity contribution >= 4 is 5.97 Å². The van der Waals surface area contributed by atoms with E-state index in [9.17, 15) is 23.8 Å². The van der Waals surface area contributed by atoms with E-state index in [1.54, 1.807) is 0 Å². The third-order valence-corrected chi connectivity index (χ3v) is 4.57. The summed E-state index contributed by atoms with van der Waals surface area (Å²) in [7, 11) is 0. The standard InChI is InChI=1S/C12H18F2O3/c13-12(14)7-5-11(17,6-8-12)10(9(15)16)3-1-2-4-10/h17H,1-8H2,(H,15,16). The van der Waals surface area contributed by atoms with E-state index < -0.39 is 35.7 Å². The van der Waals surface area contributed by atoms with Crippen LogP contribution >= 0.6 is 0 Å². The number of halogens is 2. The molecule has 2 fully saturated rings. The Kier molecular flexibility index (Phi) is 2.92. The van der Waals surface area contributed by atoms with Crippen molar-refractivity contribution in [3.05, 3.63) is 0 Å². The van der Waals surface area contributed by atoms with Crippen LogP contribution in [0.25, 0.3) is 0 Å². The van der Waals surface area contributed by atoms with Crippen LogP contribution in [0.3, 0.4) is 0 Å². The summed E-state index contributed by atoms with van der Waals surface area (Å²) in [5.74, 6) is -3.77. The van der Waals surface area contributed by atoms with Gasteiger partial charge in [0.2, 0.25) is 5.92 Å². The highest BCUT2D eigenvalue weighted by Gasteiger charge is 2.59. The Balaban J connectivity index is 2.22. The molecule has 0 aromatic rings. The first-order valence-corrected chi connectivity index (χ1v) is 6.15. The Morgan fingerprint density at radius 3 is 1.82 bits per heavy atom. The van der Waals surface area contributed by atoms with Crippen LogP contribution in [0.5, 0.6) is 0 Å². The molecular formula is C12H18F2O3. The highest BCUT2D eigenvalue weighted by Crippen LogP contribution is 2.54. The van der Waals surface area contributed by atoms with Gasteiger partial charge in [-0.3, -0.25) is 4.79 Å². The fraction of sp³-hybridized carbons (Fsp3) is 0.917. The fourth-order valence-electron chi connectivity index (χ4n) is 3.36. The second-order valence-electron chi connectivity index (χ2n) is 5.48. The predicted molar refractivity (Wildman–Crippen MR) is 56.9 cm³/mol. The monoisotopic (exact) mass is 248 g/mol. The van der Waals surface area contributed by atoms with Crippen LogP contribution in [0.1, 0.15) is 51.4 Å². The molecule has 98 valence electrons. The first kappa shape index (κ1) is 12.7. The number of carboxylic acid groups (broad SMARTS) is 1. The number of rotatable bonds is 2. The van der Waals surface area contributed by atoms with Gasteiger partial charge in [0.15, 0.2) is 0 Å². The molecular weight excluding hydrogens is 230 g/mol. The Bertz CT molecular complexity index is 312. The molecule has 0 bridgehead atoms. The lowest BCUT2D eigenvalue weighted by Crippen LogP contribution is -2.54.